The van der Waals surface area contributed by atoms with Gasteiger partial charge in [0.15, 0.2) is 0 Å². The largest absolute Gasteiger partial charge is 0.384 e. The van der Waals surface area contributed by atoms with Crippen LogP contribution in [0.15, 0.2) is 18.6 Å². The third kappa shape index (κ3) is 2.55. The van der Waals surface area contributed by atoms with Gasteiger partial charge in [-0.15, -0.1) is 0 Å². The number of aromatic amines is 1. The van der Waals surface area contributed by atoms with Crippen molar-refractivity contribution in [2.75, 3.05) is 11.1 Å². The van der Waals surface area contributed by atoms with E-state index in [4.69, 9.17) is 5.73 Å². The topological polar surface area (TPSA) is 92.5 Å². The highest BCUT2D eigenvalue weighted by atomic mass is 127. The monoisotopic (exact) mass is 316 g/mol. The lowest BCUT2D eigenvalue weighted by Crippen LogP contribution is -2.04. The molecule has 0 aliphatic rings. The van der Waals surface area contributed by atoms with Crippen LogP contribution < -0.4 is 11.1 Å². The Labute approximate surface area is 99.8 Å². The molecule has 0 aromatic carbocycles. The van der Waals surface area contributed by atoms with Crippen LogP contribution in [0.3, 0.4) is 0 Å². The Kier molecular flexibility index (Phi) is 2.99. The van der Waals surface area contributed by atoms with Crippen molar-refractivity contribution in [1.29, 1.82) is 0 Å². The molecule has 0 aliphatic carbocycles. The fourth-order valence-corrected chi connectivity index (χ4v) is 1.32. The van der Waals surface area contributed by atoms with E-state index in [0.717, 1.165) is 9.13 Å². The normalized spacial score (nSPS) is 10.2. The van der Waals surface area contributed by atoms with E-state index in [1.54, 1.807) is 18.6 Å². The minimum absolute atomic E-state index is 0.558. The van der Waals surface area contributed by atoms with E-state index < -0.39 is 0 Å². The second kappa shape index (κ2) is 4.43. The summed E-state index contributed by atoms with van der Waals surface area (Å²) in [6.07, 6.45) is 5.16. The molecule has 0 fully saturated rings. The fourth-order valence-electron chi connectivity index (χ4n) is 1.04. The van der Waals surface area contributed by atoms with Gasteiger partial charge in [0, 0.05) is 28.1 Å². The quantitative estimate of drug-likeness (QED) is 0.735. The van der Waals surface area contributed by atoms with Crippen LogP contribution >= 0.6 is 22.6 Å². The van der Waals surface area contributed by atoms with E-state index in [1.165, 1.54) is 0 Å². The van der Waals surface area contributed by atoms with Crippen LogP contribution in [0.25, 0.3) is 0 Å². The number of aromatic nitrogens is 4. The van der Waals surface area contributed by atoms with Gasteiger partial charge in [-0.1, -0.05) is 0 Å². The first-order chi connectivity index (χ1) is 7.25. The molecule has 6 nitrogen and oxygen atoms in total. The summed E-state index contributed by atoms with van der Waals surface area (Å²) in [7, 11) is 0. The van der Waals surface area contributed by atoms with Crippen molar-refractivity contribution < 1.29 is 0 Å². The van der Waals surface area contributed by atoms with Crippen molar-refractivity contribution in [3.63, 3.8) is 0 Å². The molecule has 0 spiro atoms. The molecule has 2 heterocycles. The summed E-state index contributed by atoms with van der Waals surface area (Å²) in [6.45, 7) is 0.558. The third-order valence-corrected chi connectivity index (χ3v) is 2.37. The van der Waals surface area contributed by atoms with Gasteiger partial charge < -0.3 is 11.1 Å². The van der Waals surface area contributed by atoms with Crippen molar-refractivity contribution in [1.82, 2.24) is 20.2 Å². The predicted molar refractivity (Wildman–Crippen MR) is 65.1 cm³/mol. The van der Waals surface area contributed by atoms with Crippen LogP contribution in [-0.4, -0.2) is 20.2 Å². The van der Waals surface area contributed by atoms with E-state index in [1.807, 2.05) is 0 Å². The van der Waals surface area contributed by atoms with Crippen molar-refractivity contribution in [3.8, 4) is 0 Å². The number of nitrogens with one attached hydrogen (secondary N) is 2. The Morgan fingerprint density at radius 3 is 2.67 bits per heavy atom. The number of nitrogens with zero attached hydrogens (tertiary/aromatic N) is 3. The first kappa shape index (κ1) is 10.1. The molecule has 0 atom stereocenters. The van der Waals surface area contributed by atoms with Gasteiger partial charge in [0.1, 0.15) is 5.82 Å². The molecule has 0 aliphatic heterocycles. The van der Waals surface area contributed by atoms with Crippen LogP contribution in [0, 0.1) is 3.57 Å². The molecule has 0 bridgehead atoms. The van der Waals surface area contributed by atoms with Gasteiger partial charge in [0.25, 0.3) is 0 Å². The second-order valence-corrected chi connectivity index (χ2v) is 4.13. The molecule has 0 saturated carbocycles. The molecule has 2 rings (SSSR count). The van der Waals surface area contributed by atoms with Gasteiger partial charge in [-0.25, -0.2) is 9.97 Å². The number of hydrogen-bond donors (Lipinski definition) is 3. The van der Waals surface area contributed by atoms with Gasteiger partial charge in [-0.05, 0) is 22.6 Å². The van der Waals surface area contributed by atoms with Crippen molar-refractivity contribution in [2.45, 2.75) is 6.54 Å². The number of hydrogen-bond acceptors (Lipinski definition) is 5. The number of nitrogens with two attached hydrogens (primary N) is 1. The van der Waals surface area contributed by atoms with Crippen LogP contribution in [0.1, 0.15) is 5.56 Å². The smallest absolute Gasteiger partial charge is 0.222 e. The molecular weight excluding hydrogens is 307 g/mol. The third-order valence-electron chi connectivity index (χ3n) is 1.81. The van der Waals surface area contributed by atoms with Gasteiger partial charge in [0.2, 0.25) is 5.95 Å². The summed E-state index contributed by atoms with van der Waals surface area (Å²) in [5.41, 5.74) is 6.53. The summed E-state index contributed by atoms with van der Waals surface area (Å²) < 4.78 is 1.00. The van der Waals surface area contributed by atoms with Crippen molar-refractivity contribution >= 4 is 34.4 Å². The summed E-state index contributed by atoms with van der Waals surface area (Å²) in [4.78, 5) is 8.21. The minimum Gasteiger partial charge on any atom is -0.384 e. The van der Waals surface area contributed by atoms with Crippen molar-refractivity contribution in [2.24, 2.45) is 0 Å². The zero-order valence-electron chi connectivity index (χ0n) is 7.74. The lowest BCUT2D eigenvalue weighted by Gasteiger charge is -2.02. The molecule has 15 heavy (non-hydrogen) atoms. The Morgan fingerprint density at radius 2 is 2.07 bits per heavy atom. The lowest BCUT2D eigenvalue weighted by atomic mass is 10.3. The fraction of sp³-hybridized carbons (Fsp3) is 0.125. The van der Waals surface area contributed by atoms with Crippen molar-refractivity contribution in [3.05, 3.63) is 27.7 Å². The molecule has 0 unspecified atom stereocenters. The molecule has 4 N–H and O–H groups in total. The highest BCUT2D eigenvalue weighted by Gasteiger charge is 2.01. The van der Waals surface area contributed by atoms with Gasteiger partial charge >= 0.3 is 0 Å². The Morgan fingerprint density at radius 1 is 1.33 bits per heavy atom. The first-order valence-corrected chi connectivity index (χ1v) is 5.32. The maximum absolute atomic E-state index is 5.63. The van der Waals surface area contributed by atoms with Gasteiger partial charge in [-0.3, -0.25) is 5.10 Å². The molecule has 7 heteroatoms. The number of anilines is 2. The predicted octanol–water partition coefficient (Wildman–Crippen LogP) is 0.999. The van der Waals surface area contributed by atoms with E-state index in [0.29, 0.717) is 18.3 Å². The summed E-state index contributed by atoms with van der Waals surface area (Å²) in [5.74, 6) is 1.14. The van der Waals surface area contributed by atoms with Crippen LogP contribution in [-0.2, 0) is 6.54 Å². The average molecular weight is 316 g/mol. The molecule has 0 radical (unpaired) electrons. The molecule has 2 aromatic rings. The number of H-pyrrole nitrogens is 1. The Hall–Kier alpha value is -1.38. The highest BCUT2D eigenvalue weighted by Crippen LogP contribution is 2.08. The zero-order valence-corrected chi connectivity index (χ0v) is 9.89. The number of rotatable bonds is 3. The summed E-state index contributed by atoms with van der Waals surface area (Å²) in [6, 6.07) is 0. The van der Waals surface area contributed by atoms with Gasteiger partial charge in [-0.2, -0.15) is 5.10 Å². The average Bonchev–Trinajstić information content (AvgIpc) is 2.63. The van der Waals surface area contributed by atoms with E-state index in [2.05, 4.69) is 48.1 Å². The minimum atomic E-state index is 0.558. The summed E-state index contributed by atoms with van der Waals surface area (Å²) >= 11 is 2.15. The van der Waals surface area contributed by atoms with Crippen LogP contribution in [0.4, 0.5) is 11.8 Å². The Balaban J connectivity index is 1.99. The standard InChI is InChI=1S/C8H9IN6/c9-6-3-12-8(13-4-6)11-1-5-2-14-15-7(5)10/h2-4H,1H2,(H3,10,14,15)(H,11,12,13). The summed E-state index contributed by atoms with van der Waals surface area (Å²) in [5, 5.41) is 9.53. The molecular formula is C8H9IN6. The van der Waals surface area contributed by atoms with Gasteiger partial charge in [0.05, 0.1) is 6.20 Å². The number of nitrogen functional groups attached to an aromatic ring is 1. The second-order valence-electron chi connectivity index (χ2n) is 2.89. The molecule has 0 amide bonds. The SMILES string of the molecule is Nc1[nH]ncc1CNc1ncc(I)cn1. The number of halogens is 1. The Bertz CT molecular complexity index is 437. The van der Waals surface area contributed by atoms with Crippen LogP contribution in [0.5, 0.6) is 0 Å². The van der Waals surface area contributed by atoms with E-state index >= 15 is 0 Å². The zero-order chi connectivity index (χ0) is 10.7. The van der Waals surface area contributed by atoms with E-state index in [9.17, 15) is 0 Å². The molecule has 78 valence electrons. The maximum Gasteiger partial charge on any atom is 0.222 e. The lowest BCUT2D eigenvalue weighted by molar-refractivity contribution is 1.05. The first-order valence-electron chi connectivity index (χ1n) is 4.25. The maximum atomic E-state index is 5.63. The highest BCUT2D eigenvalue weighted by molar-refractivity contribution is 14.1. The van der Waals surface area contributed by atoms with E-state index in [-0.39, 0.29) is 0 Å². The van der Waals surface area contributed by atoms with Crippen LogP contribution in [0.2, 0.25) is 0 Å². The molecule has 2 aromatic heterocycles. The molecule has 0 saturated heterocycles.